The van der Waals surface area contributed by atoms with Crippen LogP contribution in [0.2, 0.25) is 0 Å². The lowest BCUT2D eigenvalue weighted by atomic mass is 10.1. The molecule has 4 heteroatoms. The van der Waals surface area contributed by atoms with E-state index in [4.69, 9.17) is 4.74 Å². The van der Waals surface area contributed by atoms with Gasteiger partial charge in [0.1, 0.15) is 0 Å². The normalized spacial score (nSPS) is 30.4. The summed E-state index contributed by atoms with van der Waals surface area (Å²) in [5.41, 5.74) is 0. The highest BCUT2D eigenvalue weighted by molar-refractivity contribution is 5.79. The van der Waals surface area contributed by atoms with E-state index < -0.39 is 0 Å². The third kappa shape index (κ3) is 2.00. The molecule has 4 nitrogen and oxygen atoms in total. The van der Waals surface area contributed by atoms with Crippen molar-refractivity contribution in [1.29, 1.82) is 0 Å². The number of nitrogens with zero attached hydrogens (tertiary/aromatic N) is 2. The van der Waals surface area contributed by atoms with Gasteiger partial charge in [-0.05, 0) is 12.3 Å². The minimum absolute atomic E-state index is 0.235. The smallest absolute Gasteiger partial charge is 0.237 e. The number of amides is 1. The quantitative estimate of drug-likeness (QED) is 0.593. The first-order chi connectivity index (χ1) is 6.25. The van der Waals surface area contributed by atoms with Crippen molar-refractivity contribution in [3.8, 4) is 0 Å². The highest BCUT2D eigenvalue weighted by atomic mass is 16.5. The van der Waals surface area contributed by atoms with Gasteiger partial charge in [0, 0.05) is 20.2 Å². The van der Waals surface area contributed by atoms with Crippen LogP contribution in [0.15, 0.2) is 0 Å². The van der Waals surface area contributed by atoms with E-state index in [9.17, 15) is 4.79 Å². The summed E-state index contributed by atoms with van der Waals surface area (Å²) in [5, 5.41) is 0. The second-order valence-electron chi connectivity index (χ2n) is 3.97. The van der Waals surface area contributed by atoms with Gasteiger partial charge in [-0.15, -0.1) is 0 Å². The summed E-state index contributed by atoms with van der Waals surface area (Å²) < 4.78 is 5.30. The molecule has 2 aliphatic heterocycles. The topological polar surface area (TPSA) is 32.8 Å². The van der Waals surface area contributed by atoms with E-state index in [1.807, 2.05) is 7.05 Å². The maximum absolute atomic E-state index is 11.2. The molecule has 74 valence electrons. The van der Waals surface area contributed by atoms with Crippen LogP contribution in [0.3, 0.4) is 0 Å². The van der Waals surface area contributed by atoms with E-state index in [2.05, 4.69) is 4.90 Å². The molecular formula is C9H16N2O2. The molecule has 0 aromatic rings. The first-order valence-electron chi connectivity index (χ1n) is 4.80. The van der Waals surface area contributed by atoms with Gasteiger partial charge in [-0.25, -0.2) is 0 Å². The van der Waals surface area contributed by atoms with Gasteiger partial charge in [0.05, 0.1) is 19.8 Å². The largest absolute Gasteiger partial charge is 0.381 e. The van der Waals surface area contributed by atoms with Crippen molar-refractivity contribution in [1.82, 2.24) is 9.80 Å². The van der Waals surface area contributed by atoms with Crippen LogP contribution in [-0.2, 0) is 9.53 Å². The monoisotopic (exact) mass is 184 g/mol. The number of carbonyl (C=O) groups is 1. The molecule has 0 saturated carbocycles. The Morgan fingerprint density at radius 2 is 2.46 bits per heavy atom. The molecule has 1 unspecified atom stereocenters. The van der Waals surface area contributed by atoms with Crippen molar-refractivity contribution in [3.05, 3.63) is 0 Å². The zero-order valence-corrected chi connectivity index (χ0v) is 8.03. The highest BCUT2D eigenvalue weighted by Crippen LogP contribution is 2.15. The second kappa shape index (κ2) is 3.64. The van der Waals surface area contributed by atoms with Gasteiger partial charge in [-0.3, -0.25) is 9.69 Å². The van der Waals surface area contributed by atoms with Crippen LogP contribution < -0.4 is 0 Å². The van der Waals surface area contributed by atoms with Crippen LogP contribution in [0, 0.1) is 5.92 Å². The molecular weight excluding hydrogens is 168 g/mol. The third-order valence-electron chi connectivity index (χ3n) is 2.74. The molecule has 1 amide bonds. The number of carbonyl (C=O) groups excluding carboxylic acids is 1. The maximum atomic E-state index is 11.2. The molecule has 13 heavy (non-hydrogen) atoms. The van der Waals surface area contributed by atoms with E-state index >= 15 is 0 Å². The van der Waals surface area contributed by atoms with E-state index in [1.165, 1.54) is 0 Å². The lowest BCUT2D eigenvalue weighted by molar-refractivity contribution is -0.125. The highest BCUT2D eigenvalue weighted by Gasteiger charge is 2.27. The molecule has 1 atom stereocenters. The standard InChI is InChI=1S/C9H16N2O2/c1-10-7-11(5-9(10)12)4-8-2-3-13-6-8/h8H,2-7H2,1H3. The predicted molar refractivity (Wildman–Crippen MR) is 48.1 cm³/mol. The molecule has 2 aliphatic rings. The van der Waals surface area contributed by atoms with Crippen molar-refractivity contribution in [2.75, 3.05) is 40.0 Å². The van der Waals surface area contributed by atoms with Gasteiger partial charge in [-0.1, -0.05) is 0 Å². The van der Waals surface area contributed by atoms with Crippen LogP contribution in [-0.4, -0.2) is 55.7 Å². The van der Waals surface area contributed by atoms with Gasteiger partial charge in [-0.2, -0.15) is 0 Å². The molecule has 0 radical (unpaired) electrons. The molecule has 2 saturated heterocycles. The summed E-state index contributed by atoms with van der Waals surface area (Å²) in [6.45, 7) is 4.15. The number of likely N-dealkylation sites (N-methyl/N-ethyl adjacent to an activating group) is 1. The number of rotatable bonds is 2. The second-order valence-corrected chi connectivity index (χ2v) is 3.97. The van der Waals surface area contributed by atoms with Crippen LogP contribution in [0.25, 0.3) is 0 Å². The average molecular weight is 184 g/mol. The molecule has 0 bridgehead atoms. The summed E-state index contributed by atoms with van der Waals surface area (Å²) in [6, 6.07) is 0. The summed E-state index contributed by atoms with van der Waals surface area (Å²) in [7, 11) is 1.85. The maximum Gasteiger partial charge on any atom is 0.237 e. The first-order valence-corrected chi connectivity index (χ1v) is 4.80. The molecule has 0 N–H and O–H groups in total. The Labute approximate surface area is 78.4 Å². The molecule has 2 heterocycles. The Kier molecular flexibility index (Phi) is 2.51. The fraction of sp³-hybridized carbons (Fsp3) is 0.889. The van der Waals surface area contributed by atoms with Gasteiger partial charge < -0.3 is 9.64 Å². The Hall–Kier alpha value is -0.610. The third-order valence-corrected chi connectivity index (χ3v) is 2.74. The molecule has 0 aromatic carbocycles. The van der Waals surface area contributed by atoms with Gasteiger partial charge in [0.15, 0.2) is 0 Å². The summed E-state index contributed by atoms with van der Waals surface area (Å²) >= 11 is 0. The molecule has 0 spiro atoms. The number of hydrogen-bond acceptors (Lipinski definition) is 3. The summed E-state index contributed by atoms with van der Waals surface area (Å²) in [4.78, 5) is 15.2. The zero-order valence-electron chi connectivity index (χ0n) is 8.03. The summed E-state index contributed by atoms with van der Waals surface area (Å²) in [5.74, 6) is 0.873. The zero-order chi connectivity index (χ0) is 9.26. The van der Waals surface area contributed by atoms with Crippen molar-refractivity contribution in [2.24, 2.45) is 5.92 Å². The SMILES string of the molecule is CN1CN(CC2CCOC2)CC1=O. The minimum Gasteiger partial charge on any atom is -0.381 e. The summed E-state index contributed by atoms with van der Waals surface area (Å²) in [6.07, 6.45) is 1.15. The van der Waals surface area contributed by atoms with Crippen molar-refractivity contribution < 1.29 is 9.53 Å². The molecule has 0 aromatic heterocycles. The lowest BCUT2D eigenvalue weighted by Crippen LogP contribution is -2.29. The fourth-order valence-corrected chi connectivity index (χ4v) is 1.96. The molecule has 2 fully saturated rings. The number of ether oxygens (including phenoxy) is 1. The van der Waals surface area contributed by atoms with Crippen LogP contribution in [0.1, 0.15) is 6.42 Å². The van der Waals surface area contributed by atoms with E-state index in [0.29, 0.717) is 12.5 Å². The van der Waals surface area contributed by atoms with Crippen molar-refractivity contribution in [2.45, 2.75) is 6.42 Å². The van der Waals surface area contributed by atoms with E-state index in [-0.39, 0.29) is 5.91 Å². The Balaban J connectivity index is 1.79. The lowest BCUT2D eigenvalue weighted by Gasteiger charge is -2.17. The van der Waals surface area contributed by atoms with Crippen LogP contribution in [0.4, 0.5) is 0 Å². The predicted octanol–water partition coefficient (Wildman–Crippen LogP) is -0.246. The minimum atomic E-state index is 0.235. The number of hydrogen-bond donors (Lipinski definition) is 0. The Morgan fingerprint density at radius 3 is 3.00 bits per heavy atom. The van der Waals surface area contributed by atoms with Crippen LogP contribution >= 0.6 is 0 Å². The van der Waals surface area contributed by atoms with Crippen molar-refractivity contribution in [3.63, 3.8) is 0 Å². The molecule has 2 rings (SSSR count). The van der Waals surface area contributed by atoms with Crippen molar-refractivity contribution >= 4 is 5.91 Å². The van der Waals surface area contributed by atoms with Gasteiger partial charge in [0.2, 0.25) is 5.91 Å². The molecule has 0 aliphatic carbocycles. The van der Waals surface area contributed by atoms with Gasteiger partial charge >= 0.3 is 0 Å². The van der Waals surface area contributed by atoms with Crippen LogP contribution in [0.5, 0.6) is 0 Å². The first kappa shape index (κ1) is 8.97. The van der Waals surface area contributed by atoms with Gasteiger partial charge in [0.25, 0.3) is 0 Å². The van der Waals surface area contributed by atoms with E-state index in [1.54, 1.807) is 4.90 Å². The fourth-order valence-electron chi connectivity index (χ4n) is 1.96. The Morgan fingerprint density at radius 1 is 1.62 bits per heavy atom. The Bertz CT molecular complexity index is 202. The average Bonchev–Trinajstić information content (AvgIpc) is 2.64. The van der Waals surface area contributed by atoms with E-state index in [0.717, 1.165) is 32.8 Å².